The smallest absolute Gasteiger partial charge is 0.237 e. The molecule has 0 heterocycles. The van der Waals surface area contributed by atoms with Crippen molar-refractivity contribution in [3.63, 3.8) is 0 Å². The van der Waals surface area contributed by atoms with Crippen molar-refractivity contribution in [3.05, 3.63) is 0 Å². The number of methoxy groups -OCH3 is 1. The normalized spacial score (nSPS) is 27.8. The van der Waals surface area contributed by atoms with Gasteiger partial charge in [0.15, 0.2) is 0 Å². The van der Waals surface area contributed by atoms with Crippen molar-refractivity contribution in [1.29, 1.82) is 0 Å². The minimum atomic E-state index is -0.450. The second-order valence-electron chi connectivity index (χ2n) is 5.72. The van der Waals surface area contributed by atoms with Gasteiger partial charge in [0.25, 0.3) is 0 Å². The van der Waals surface area contributed by atoms with E-state index in [-0.39, 0.29) is 23.5 Å². The molecule has 94 valence electrons. The van der Waals surface area contributed by atoms with Gasteiger partial charge < -0.3 is 15.8 Å². The van der Waals surface area contributed by atoms with E-state index in [0.717, 1.165) is 19.3 Å². The largest absolute Gasteiger partial charge is 0.381 e. The fourth-order valence-electron chi connectivity index (χ4n) is 1.97. The molecule has 1 fully saturated rings. The molecule has 2 unspecified atom stereocenters. The standard InChI is InChI=1S/C12H24N2O2/c1-12(2,3)10(13)11(15)14-8-5-6-9(7-8)16-4/h8-10H,5-7,13H2,1-4H3,(H,14,15)/t8?,9?,10-/m0/s1. The molecule has 16 heavy (non-hydrogen) atoms. The SMILES string of the molecule is COC1CCC(NC(=O)[C@H](N)C(C)(C)C)C1. The van der Waals surface area contributed by atoms with Gasteiger partial charge in [-0.1, -0.05) is 20.8 Å². The van der Waals surface area contributed by atoms with Crippen molar-refractivity contribution in [2.75, 3.05) is 7.11 Å². The Labute approximate surface area is 97.9 Å². The number of nitrogens with two attached hydrogens (primary N) is 1. The first-order valence-electron chi connectivity index (χ1n) is 5.93. The molecular weight excluding hydrogens is 204 g/mol. The Kier molecular flexibility index (Phi) is 4.33. The second-order valence-corrected chi connectivity index (χ2v) is 5.72. The van der Waals surface area contributed by atoms with Gasteiger partial charge in [-0.2, -0.15) is 0 Å². The van der Waals surface area contributed by atoms with Gasteiger partial charge in [0, 0.05) is 13.2 Å². The minimum absolute atomic E-state index is 0.0470. The Hall–Kier alpha value is -0.610. The molecule has 1 aliphatic rings. The Bertz CT molecular complexity index is 248. The van der Waals surface area contributed by atoms with Crippen LogP contribution in [0.3, 0.4) is 0 Å². The topological polar surface area (TPSA) is 64.3 Å². The average molecular weight is 228 g/mol. The second kappa shape index (κ2) is 5.15. The van der Waals surface area contributed by atoms with E-state index in [9.17, 15) is 4.79 Å². The molecule has 0 aromatic heterocycles. The van der Waals surface area contributed by atoms with Crippen LogP contribution in [0, 0.1) is 5.41 Å². The number of ether oxygens (including phenoxy) is 1. The molecule has 0 spiro atoms. The summed E-state index contributed by atoms with van der Waals surface area (Å²) in [6.07, 6.45) is 3.20. The van der Waals surface area contributed by atoms with Crippen molar-refractivity contribution in [1.82, 2.24) is 5.32 Å². The van der Waals surface area contributed by atoms with Crippen LogP contribution < -0.4 is 11.1 Å². The summed E-state index contributed by atoms with van der Waals surface area (Å²) in [6, 6.07) is -0.222. The van der Waals surface area contributed by atoms with Gasteiger partial charge in [-0.05, 0) is 24.7 Å². The van der Waals surface area contributed by atoms with Gasteiger partial charge >= 0.3 is 0 Å². The maximum Gasteiger partial charge on any atom is 0.237 e. The van der Waals surface area contributed by atoms with Gasteiger partial charge in [0.1, 0.15) is 0 Å². The molecule has 1 saturated carbocycles. The first kappa shape index (κ1) is 13.5. The van der Waals surface area contributed by atoms with E-state index >= 15 is 0 Å². The lowest BCUT2D eigenvalue weighted by atomic mass is 9.87. The summed E-state index contributed by atoms with van der Waals surface area (Å²) < 4.78 is 5.27. The predicted molar refractivity (Wildman–Crippen MR) is 64.0 cm³/mol. The highest BCUT2D eigenvalue weighted by Gasteiger charge is 2.31. The lowest BCUT2D eigenvalue weighted by Gasteiger charge is -2.27. The Balaban J connectivity index is 2.41. The highest BCUT2D eigenvalue weighted by molar-refractivity contribution is 5.82. The van der Waals surface area contributed by atoms with E-state index in [1.54, 1.807) is 7.11 Å². The highest BCUT2D eigenvalue weighted by atomic mass is 16.5. The van der Waals surface area contributed by atoms with Crippen LogP contribution in [0.25, 0.3) is 0 Å². The molecule has 1 amide bonds. The molecule has 0 aliphatic heterocycles. The average Bonchev–Trinajstić information content (AvgIpc) is 2.63. The fourth-order valence-corrected chi connectivity index (χ4v) is 1.97. The van der Waals surface area contributed by atoms with Gasteiger partial charge in [0.05, 0.1) is 12.1 Å². The van der Waals surface area contributed by atoms with E-state index in [0.29, 0.717) is 0 Å². The van der Waals surface area contributed by atoms with E-state index in [2.05, 4.69) is 5.32 Å². The Morgan fingerprint density at radius 2 is 2.06 bits per heavy atom. The molecule has 3 atom stereocenters. The van der Waals surface area contributed by atoms with E-state index in [1.807, 2.05) is 20.8 Å². The van der Waals surface area contributed by atoms with E-state index < -0.39 is 6.04 Å². The van der Waals surface area contributed by atoms with Crippen molar-refractivity contribution in [2.45, 2.75) is 58.2 Å². The number of rotatable bonds is 3. The summed E-state index contributed by atoms with van der Waals surface area (Å²) in [6.45, 7) is 5.93. The molecule has 4 nitrogen and oxygen atoms in total. The van der Waals surface area contributed by atoms with Crippen molar-refractivity contribution >= 4 is 5.91 Å². The van der Waals surface area contributed by atoms with Crippen molar-refractivity contribution < 1.29 is 9.53 Å². The summed E-state index contributed by atoms with van der Waals surface area (Å²) in [7, 11) is 1.72. The van der Waals surface area contributed by atoms with Crippen LogP contribution >= 0.6 is 0 Å². The van der Waals surface area contributed by atoms with Crippen LogP contribution in [0.4, 0.5) is 0 Å². The molecular formula is C12H24N2O2. The maximum absolute atomic E-state index is 11.9. The predicted octanol–water partition coefficient (Wildman–Crippen LogP) is 1.04. The van der Waals surface area contributed by atoms with Crippen LogP contribution in [0.5, 0.6) is 0 Å². The number of carbonyl (C=O) groups excluding carboxylic acids is 1. The summed E-state index contributed by atoms with van der Waals surface area (Å²) in [5, 5.41) is 3.01. The zero-order valence-corrected chi connectivity index (χ0v) is 10.7. The summed E-state index contributed by atoms with van der Waals surface area (Å²) >= 11 is 0. The lowest BCUT2D eigenvalue weighted by molar-refractivity contribution is -0.125. The fraction of sp³-hybridized carbons (Fsp3) is 0.917. The molecule has 0 bridgehead atoms. The highest BCUT2D eigenvalue weighted by Crippen LogP contribution is 2.23. The molecule has 4 heteroatoms. The summed E-state index contributed by atoms with van der Waals surface area (Å²) in [5.41, 5.74) is 5.71. The monoisotopic (exact) mass is 228 g/mol. The van der Waals surface area contributed by atoms with Gasteiger partial charge in [0.2, 0.25) is 5.91 Å². The van der Waals surface area contributed by atoms with Crippen molar-refractivity contribution in [2.24, 2.45) is 11.1 Å². The van der Waals surface area contributed by atoms with E-state index in [1.165, 1.54) is 0 Å². The molecule has 0 aromatic rings. The van der Waals surface area contributed by atoms with Crippen LogP contribution in [-0.4, -0.2) is 31.2 Å². The minimum Gasteiger partial charge on any atom is -0.381 e. The third-order valence-corrected chi connectivity index (χ3v) is 3.28. The van der Waals surface area contributed by atoms with Gasteiger partial charge in [-0.15, -0.1) is 0 Å². The van der Waals surface area contributed by atoms with E-state index in [4.69, 9.17) is 10.5 Å². The summed E-state index contributed by atoms with van der Waals surface area (Å²) in [4.78, 5) is 11.9. The third kappa shape index (κ3) is 3.46. The Morgan fingerprint density at radius 3 is 2.50 bits per heavy atom. The number of hydrogen-bond donors (Lipinski definition) is 2. The van der Waals surface area contributed by atoms with Crippen LogP contribution in [0.2, 0.25) is 0 Å². The van der Waals surface area contributed by atoms with Gasteiger partial charge in [-0.25, -0.2) is 0 Å². The zero-order valence-electron chi connectivity index (χ0n) is 10.7. The zero-order chi connectivity index (χ0) is 12.3. The maximum atomic E-state index is 11.9. The molecule has 1 rings (SSSR count). The molecule has 3 N–H and O–H groups in total. The number of hydrogen-bond acceptors (Lipinski definition) is 3. The quantitative estimate of drug-likeness (QED) is 0.758. The van der Waals surface area contributed by atoms with Crippen LogP contribution in [0.1, 0.15) is 40.0 Å². The Morgan fingerprint density at radius 1 is 1.44 bits per heavy atom. The molecule has 0 radical (unpaired) electrons. The number of nitrogens with one attached hydrogen (secondary N) is 1. The first-order valence-corrected chi connectivity index (χ1v) is 5.93. The molecule has 1 aliphatic carbocycles. The van der Waals surface area contributed by atoms with Gasteiger partial charge in [-0.3, -0.25) is 4.79 Å². The lowest BCUT2D eigenvalue weighted by Crippen LogP contribution is -2.51. The summed E-state index contributed by atoms with van der Waals surface area (Å²) in [5.74, 6) is -0.0470. The third-order valence-electron chi connectivity index (χ3n) is 3.28. The number of carbonyl (C=O) groups is 1. The molecule has 0 saturated heterocycles. The first-order chi connectivity index (χ1) is 7.34. The van der Waals surface area contributed by atoms with Crippen LogP contribution in [0.15, 0.2) is 0 Å². The molecule has 0 aromatic carbocycles. The van der Waals surface area contributed by atoms with Crippen molar-refractivity contribution in [3.8, 4) is 0 Å². The number of amides is 1. The van der Waals surface area contributed by atoms with Crippen LogP contribution in [-0.2, 0) is 9.53 Å².